The normalized spacial score (nSPS) is 19.2. The lowest BCUT2D eigenvalue weighted by atomic mass is 9.97. The van der Waals surface area contributed by atoms with Crippen molar-refractivity contribution in [3.8, 4) is 5.75 Å². The van der Waals surface area contributed by atoms with Crippen molar-refractivity contribution in [3.05, 3.63) is 48.6 Å². The Morgan fingerprint density at radius 2 is 2.00 bits per heavy atom. The van der Waals surface area contributed by atoms with E-state index in [1.54, 1.807) is 12.0 Å². The van der Waals surface area contributed by atoms with E-state index >= 15 is 0 Å². The number of benzene rings is 1. The Kier molecular flexibility index (Phi) is 3.24. The van der Waals surface area contributed by atoms with E-state index < -0.39 is 0 Å². The number of carbonyl (C=O) groups is 1. The fourth-order valence-electron chi connectivity index (χ4n) is 2.14. The lowest BCUT2D eigenvalue weighted by Crippen LogP contribution is -2.24. The lowest BCUT2D eigenvalue weighted by Gasteiger charge is -2.16. The monoisotopic (exact) mass is 243 g/mol. The van der Waals surface area contributed by atoms with Crippen LogP contribution in [0.5, 0.6) is 5.75 Å². The Labute approximate surface area is 107 Å². The first kappa shape index (κ1) is 12.4. The molecule has 1 atom stereocenters. The van der Waals surface area contributed by atoms with Crippen LogP contribution in [0.25, 0.3) is 0 Å². The molecule has 1 aliphatic heterocycles. The smallest absolute Gasteiger partial charge is 0.254 e. The van der Waals surface area contributed by atoms with Crippen molar-refractivity contribution in [2.45, 2.75) is 6.92 Å². The Morgan fingerprint density at radius 3 is 2.44 bits per heavy atom. The molecule has 2 rings (SSSR count). The zero-order chi connectivity index (χ0) is 13.3. The minimum atomic E-state index is -0.0202. The molecule has 0 radical (unpaired) electrons. The van der Waals surface area contributed by atoms with Crippen LogP contribution in [0.1, 0.15) is 6.92 Å². The molecule has 0 bridgehead atoms. The number of methoxy groups -OCH3 is 1. The van der Waals surface area contributed by atoms with Gasteiger partial charge in [-0.15, -0.1) is 0 Å². The number of hydrogen-bond donors (Lipinski definition) is 0. The highest BCUT2D eigenvalue weighted by Gasteiger charge is 2.34. The van der Waals surface area contributed by atoms with Gasteiger partial charge < -0.3 is 9.64 Å². The molecular weight excluding hydrogens is 226 g/mol. The third kappa shape index (κ3) is 2.04. The fourth-order valence-corrected chi connectivity index (χ4v) is 2.14. The molecule has 1 aliphatic rings. The second kappa shape index (κ2) is 4.69. The summed E-state index contributed by atoms with van der Waals surface area (Å²) in [6.07, 6.45) is 0. The predicted octanol–water partition coefficient (Wildman–Crippen LogP) is 2.79. The van der Waals surface area contributed by atoms with Crippen molar-refractivity contribution in [2.75, 3.05) is 18.6 Å². The first-order chi connectivity index (χ1) is 8.54. The van der Waals surface area contributed by atoms with Crippen molar-refractivity contribution in [1.29, 1.82) is 0 Å². The number of amides is 1. The van der Waals surface area contributed by atoms with Gasteiger partial charge in [0.25, 0.3) is 5.91 Å². The number of hydrogen-bond acceptors (Lipinski definition) is 2. The Hall–Kier alpha value is -2.03. The van der Waals surface area contributed by atoms with Gasteiger partial charge in [0.15, 0.2) is 0 Å². The summed E-state index contributed by atoms with van der Waals surface area (Å²) in [4.78, 5) is 13.9. The van der Waals surface area contributed by atoms with Crippen LogP contribution in [0.2, 0.25) is 0 Å². The average Bonchev–Trinajstić information content (AvgIpc) is 2.67. The molecule has 0 spiro atoms. The molecule has 18 heavy (non-hydrogen) atoms. The van der Waals surface area contributed by atoms with Gasteiger partial charge >= 0.3 is 0 Å². The summed E-state index contributed by atoms with van der Waals surface area (Å²) in [7, 11) is 1.62. The molecule has 0 saturated carbocycles. The molecule has 0 N–H and O–H groups in total. The second-order valence-electron chi connectivity index (χ2n) is 4.54. The lowest BCUT2D eigenvalue weighted by molar-refractivity contribution is -0.114. The molecule has 1 aromatic carbocycles. The minimum Gasteiger partial charge on any atom is -0.497 e. The highest BCUT2D eigenvalue weighted by Crippen LogP contribution is 2.32. The van der Waals surface area contributed by atoms with Crippen LogP contribution in [0.15, 0.2) is 48.6 Å². The van der Waals surface area contributed by atoms with Crippen molar-refractivity contribution in [2.24, 2.45) is 5.92 Å². The van der Waals surface area contributed by atoms with Crippen molar-refractivity contribution >= 4 is 11.6 Å². The number of ether oxygens (including phenoxy) is 1. The van der Waals surface area contributed by atoms with Crippen LogP contribution >= 0.6 is 0 Å². The van der Waals surface area contributed by atoms with Gasteiger partial charge in [-0.3, -0.25) is 4.79 Å². The Bertz CT molecular complexity index is 502. The Morgan fingerprint density at radius 1 is 1.39 bits per heavy atom. The maximum atomic E-state index is 12.1. The van der Waals surface area contributed by atoms with Gasteiger partial charge in [-0.25, -0.2) is 0 Å². The average molecular weight is 243 g/mol. The number of rotatable bonds is 3. The first-order valence-electron chi connectivity index (χ1n) is 5.84. The highest BCUT2D eigenvalue weighted by molar-refractivity contribution is 6.08. The SMILES string of the molecule is C=C(C)C1CN(c2ccc(OC)cc2)C(=O)C1=C. The largest absolute Gasteiger partial charge is 0.497 e. The number of carbonyl (C=O) groups excluding carboxylic acids is 1. The highest BCUT2D eigenvalue weighted by atomic mass is 16.5. The third-order valence-corrected chi connectivity index (χ3v) is 3.28. The molecule has 94 valence electrons. The summed E-state index contributed by atoms with van der Waals surface area (Å²) >= 11 is 0. The summed E-state index contributed by atoms with van der Waals surface area (Å²) in [6, 6.07) is 7.45. The molecule has 1 fully saturated rings. The minimum absolute atomic E-state index is 0.0202. The van der Waals surface area contributed by atoms with Crippen LogP contribution in [0.3, 0.4) is 0 Å². The van der Waals surface area contributed by atoms with Gasteiger partial charge in [0.2, 0.25) is 0 Å². The van der Waals surface area contributed by atoms with E-state index in [1.165, 1.54) is 0 Å². The van der Waals surface area contributed by atoms with E-state index in [2.05, 4.69) is 13.2 Å². The van der Waals surface area contributed by atoms with Crippen molar-refractivity contribution < 1.29 is 9.53 Å². The zero-order valence-electron chi connectivity index (χ0n) is 10.8. The molecule has 0 aliphatic carbocycles. The first-order valence-corrected chi connectivity index (χ1v) is 5.84. The standard InChI is InChI=1S/C15H17NO2/c1-10(2)14-9-16(15(17)11(14)3)12-5-7-13(18-4)8-6-12/h5-8,14H,1,3,9H2,2,4H3. The van der Waals surface area contributed by atoms with Gasteiger partial charge in [0.1, 0.15) is 5.75 Å². The van der Waals surface area contributed by atoms with Gasteiger partial charge in [-0.1, -0.05) is 18.7 Å². The maximum Gasteiger partial charge on any atom is 0.254 e. The summed E-state index contributed by atoms with van der Waals surface area (Å²) in [5.74, 6) is 0.813. The van der Waals surface area contributed by atoms with Crippen LogP contribution in [-0.2, 0) is 4.79 Å². The van der Waals surface area contributed by atoms with Crippen LogP contribution < -0.4 is 9.64 Å². The second-order valence-corrected chi connectivity index (χ2v) is 4.54. The van der Waals surface area contributed by atoms with E-state index in [-0.39, 0.29) is 11.8 Å². The quantitative estimate of drug-likeness (QED) is 0.603. The van der Waals surface area contributed by atoms with Gasteiger partial charge in [-0.2, -0.15) is 0 Å². The summed E-state index contributed by atoms with van der Waals surface area (Å²) in [5, 5.41) is 0. The Balaban J connectivity index is 2.26. The maximum absolute atomic E-state index is 12.1. The van der Waals surface area contributed by atoms with Gasteiger partial charge in [-0.05, 0) is 31.2 Å². The van der Waals surface area contributed by atoms with E-state index in [1.807, 2.05) is 31.2 Å². The van der Waals surface area contributed by atoms with Crippen molar-refractivity contribution in [1.82, 2.24) is 0 Å². The fraction of sp³-hybridized carbons (Fsp3) is 0.267. The number of anilines is 1. The molecule has 0 aromatic heterocycles. The van der Waals surface area contributed by atoms with Crippen LogP contribution in [0, 0.1) is 5.92 Å². The van der Waals surface area contributed by atoms with E-state index in [9.17, 15) is 4.79 Å². The van der Waals surface area contributed by atoms with Gasteiger partial charge in [0, 0.05) is 23.7 Å². The molecule has 1 aromatic rings. The van der Waals surface area contributed by atoms with E-state index in [0.717, 1.165) is 17.0 Å². The molecule has 1 saturated heterocycles. The summed E-state index contributed by atoms with van der Waals surface area (Å²) in [5.41, 5.74) is 2.47. The van der Waals surface area contributed by atoms with E-state index in [0.29, 0.717) is 12.1 Å². The topological polar surface area (TPSA) is 29.5 Å². The third-order valence-electron chi connectivity index (χ3n) is 3.28. The predicted molar refractivity (Wildman–Crippen MR) is 72.8 cm³/mol. The van der Waals surface area contributed by atoms with E-state index in [4.69, 9.17) is 4.74 Å². The molecule has 1 amide bonds. The molecule has 3 nitrogen and oxygen atoms in total. The molecular formula is C15H17NO2. The van der Waals surface area contributed by atoms with Crippen LogP contribution in [0.4, 0.5) is 5.69 Å². The molecule has 1 unspecified atom stereocenters. The molecule has 3 heteroatoms. The van der Waals surface area contributed by atoms with Gasteiger partial charge in [0.05, 0.1) is 7.11 Å². The van der Waals surface area contributed by atoms with Crippen LogP contribution in [-0.4, -0.2) is 19.6 Å². The van der Waals surface area contributed by atoms with Crippen molar-refractivity contribution in [3.63, 3.8) is 0 Å². The number of nitrogens with zero attached hydrogens (tertiary/aromatic N) is 1. The summed E-state index contributed by atoms with van der Waals surface area (Å²) in [6.45, 7) is 10.3. The summed E-state index contributed by atoms with van der Waals surface area (Å²) < 4.78 is 5.10. The molecule has 1 heterocycles. The zero-order valence-corrected chi connectivity index (χ0v) is 10.8.